The van der Waals surface area contributed by atoms with E-state index in [1.54, 1.807) is 38.4 Å². The molecule has 2 aromatic rings. The second-order valence-electron chi connectivity index (χ2n) is 9.28. The number of aromatic nitrogens is 2. The normalized spacial score (nSPS) is 25.8. The Labute approximate surface area is 225 Å². The Balaban J connectivity index is 2.03. The third-order valence-corrected chi connectivity index (χ3v) is 6.44. The molecule has 1 aliphatic heterocycles. The van der Waals surface area contributed by atoms with Crippen molar-refractivity contribution >= 4 is 23.8 Å². The monoisotopic (exact) mass is 540 g/mol. The molecule has 12 nitrogen and oxygen atoms in total. The number of nitrogens with zero attached hydrogens (tertiary/aromatic N) is 2. The molecule has 1 fully saturated rings. The predicted molar refractivity (Wildman–Crippen MR) is 137 cm³/mol. The molecule has 0 unspecified atom stereocenters. The van der Waals surface area contributed by atoms with Crippen molar-refractivity contribution in [3.8, 4) is 5.75 Å². The Hall–Kier alpha value is -4.32. The molecule has 3 rings (SSSR count). The van der Waals surface area contributed by atoms with E-state index >= 15 is 0 Å². The van der Waals surface area contributed by atoms with Crippen LogP contribution in [0.1, 0.15) is 50.2 Å². The summed E-state index contributed by atoms with van der Waals surface area (Å²) in [6.07, 6.45) is 2.15. The first-order valence-corrected chi connectivity index (χ1v) is 12.5. The lowest BCUT2D eigenvalue weighted by Gasteiger charge is -2.32. The molecule has 0 aliphatic carbocycles. The van der Waals surface area contributed by atoms with Crippen LogP contribution in [0.3, 0.4) is 0 Å². The molecule has 0 radical (unpaired) electrons. The highest BCUT2D eigenvalue weighted by molar-refractivity contribution is 5.98. The van der Waals surface area contributed by atoms with Gasteiger partial charge in [-0.25, -0.2) is 9.78 Å². The standard InChI is InChI=1S/C27H32N4O8/c1-5-14(2)23-27(37)38-16(4)20(31-25(35)21-19(32)9-7-11-29-21)24(34)30-18(12-17-8-6-10-28-13-17)22(33)15(3)26(36)39-23/h6-11,13,15-16,18,20,22,32-33H,5,12H2,1-4H3,(H,30,34)(H,31,35)/b23-14-/t15-,16-,18+,20+,22-/m1/s1. The summed E-state index contributed by atoms with van der Waals surface area (Å²) in [5, 5.41) is 26.3. The van der Waals surface area contributed by atoms with Crippen LogP contribution in [-0.4, -0.2) is 68.2 Å². The van der Waals surface area contributed by atoms with Gasteiger partial charge in [-0.15, -0.1) is 0 Å². The number of aliphatic hydroxyl groups excluding tert-OH is 1. The molecule has 12 heteroatoms. The number of hydrogen-bond donors (Lipinski definition) is 4. The lowest BCUT2D eigenvalue weighted by Crippen LogP contribution is -2.59. The molecule has 0 spiro atoms. The summed E-state index contributed by atoms with van der Waals surface area (Å²) in [7, 11) is 0. The van der Waals surface area contributed by atoms with Gasteiger partial charge in [0.05, 0.1) is 18.1 Å². The van der Waals surface area contributed by atoms with Crippen LogP contribution in [0.2, 0.25) is 0 Å². The van der Waals surface area contributed by atoms with Crippen LogP contribution in [0.15, 0.2) is 54.2 Å². The minimum atomic E-state index is -1.47. The maximum Gasteiger partial charge on any atom is 0.374 e. The van der Waals surface area contributed by atoms with Crippen molar-refractivity contribution in [1.29, 1.82) is 0 Å². The Kier molecular flexibility index (Phi) is 9.72. The predicted octanol–water partition coefficient (Wildman–Crippen LogP) is 1.18. The second kappa shape index (κ2) is 13.0. The third kappa shape index (κ3) is 7.17. The van der Waals surface area contributed by atoms with Gasteiger partial charge in [0, 0.05) is 18.6 Å². The number of rotatable bonds is 5. The fraction of sp³-hybridized carbons (Fsp3) is 0.407. The van der Waals surface area contributed by atoms with E-state index in [0.29, 0.717) is 17.6 Å². The molecule has 4 N–H and O–H groups in total. The molecule has 39 heavy (non-hydrogen) atoms. The van der Waals surface area contributed by atoms with Crippen LogP contribution in [-0.2, 0) is 30.3 Å². The third-order valence-electron chi connectivity index (χ3n) is 6.44. The molecular formula is C27H32N4O8. The van der Waals surface area contributed by atoms with Gasteiger partial charge in [-0.05, 0) is 62.9 Å². The summed E-state index contributed by atoms with van der Waals surface area (Å²) in [5.41, 5.74) is 0.733. The van der Waals surface area contributed by atoms with Crippen molar-refractivity contribution in [2.45, 2.75) is 64.8 Å². The van der Waals surface area contributed by atoms with E-state index in [4.69, 9.17) is 9.47 Å². The van der Waals surface area contributed by atoms with E-state index < -0.39 is 59.7 Å². The van der Waals surface area contributed by atoms with E-state index in [1.807, 2.05) is 0 Å². The number of carbonyl (C=O) groups excluding carboxylic acids is 4. The number of allylic oxidation sites excluding steroid dienone is 1. The maximum absolute atomic E-state index is 13.6. The van der Waals surface area contributed by atoms with Crippen molar-refractivity contribution < 1.29 is 38.9 Å². The number of carbonyl (C=O) groups is 4. The van der Waals surface area contributed by atoms with Crippen LogP contribution in [0.25, 0.3) is 0 Å². The van der Waals surface area contributed by atoms with Crippen LogP contribution in [0.4, 0.5) is 0 Å². The number of cyclic esters (lactones) is 2. The largest absolute Gasteiger partial charge is 0.505 e. The number of nitrogens with one attached hydrogen (secondary N) is 2. The van der Waals surface area contributed by atoms with Crippen molar-refractivity contribution in [2.75, 3.05) is 0 Å². The first-order valence-electron chi connectivity index (χ1n) is 12.5. The van der Waals surface area contributed by atoms with Gasteiger partial charge in [-0.1, -0.05) is 13.0 Å². The number of esters is 2. The minimum Gasteiger partial charge on any atom is -0.505 e. The Morgan fingerprint density at radius 1 is 1.15 bits per heavy atom. The number of hydrogen-bond acceptors (Lipinski definition) is 10. The first kappa shape index (κ1) is 29.2. The minimum absolute atomic E-state index is 0.0882. The Bertz CT molecular complexity index is 1250. The fourth-order valence-electron chi connectivity index (χ4n) is 3.92. The van der Waals surface area contributed by atoms with Gasteiger partial charge in [0.1, 0.15) is 17.9 Å². The molecule has 1 saturated heterocycles. The second-order valence-corrected chi connectivity index (χ2v) is 9.28. The first-order chi connectivity index (χ1) is 18.5. The van der Waals surface area contributed by atoms with Crippen LogP contribution < -0.4 is 10.6 Å². The zero-order valence-corrected chi connectivity index (χ0v) is 22.1. The molecule has 0 saturated carbocycles. The summed E-state index contributed by atoms with van der Waals surface area (Å²) in [5.74, 6) is -5.52. The summed E-state index contributed by atoms with van der Waals surface area (Å²) in [6, 6.07) is 3.62. The summed E-state index contributed by atoms with van der Waals surface area (Å²) < 4.78 is 10.9. The lowest BCUT2D eigenvalue weighted by molar-refractivity contribution is -0.161. The fourth-order valence-corrected chi connectivity index (χ4v) is 3.92. The van der Waals surface area contributed by atoms with Crippen molar-refractivity contribution in [2.24, 2.45) is 5.92 Å². The van der Waals surface area contributed by atoms with E-state index in [2.05, 4.69) is 20.6 Å². The van der Waals surface area contributed by atoms with Gasteiger partial charge >= 0.3 is 11.9 Å². The van der Waals surface area contributed by atoms with Gasteiger partial charge in [0.25, 0.3) is 5.91 Å². The molecule has 5 atom stereocenters. The van der Waals surface area contributed by atoms with Crippen LogP contribution >= 0.6 is 0 Å². The Morgan fingerprint density at radius 3 is 2.51 bits per heavy atom. The highest BCUT2D eigenvalue weighted by Crippen LogP contribution is 2.21. The van der Waals surface area contributed by atoms with Gasteiger partial charge in [0.2, 0.25) is 11.7 Å². The van der Waals surface area contributed by atoms with Crippen molar-refractivity contribution in [1.82, 2.24) is 20.6 Å². The number of amides is 2. The van der Waals surface area contributed by atoms with E-state index in [-0.39, 0.29) is 17.9 Å². The quantitative estimate of drug-likeness (QED) is 0.318. The zero-order valence-electron chi connectivity index (χ0n) is 22.1. The topological polar surface area (TPSA) is 177 Å². The molecule has 1 aliphatic rings. The average Bonchev–Trinajstić information content (AvgIpc) is 2.92. The van der Waals surface area contributed by atoms with E-state index in [9.17, 15) is 29.4 Å². The molecule has 2 aromatic heterocycles. The smallest absolute Gasteiger partial charge is 0.374 e. The highest BCUT2D eigenvalue weighted by Gasteiger charge is 2.39. The number of aromatic hydroxyl groups is 1. The van der Waals surface area contributed by atoms with Crippen LogP contribution in [0, 0.1) is 5.92 Å². The summed E-state index contributed by atoms with van der Waals surface area (Å²) in [6.45, 7) is 6.13. The summed E-state index contributed by atoms with van der Waals surface area (Å²) >= 11 is 0. The van der Waals surface area contributed by atoms with Gasteiger partial charge in [0.15, 0.2) is 5.69 Å². The highest BCUT2D eigenvalue weighted by atomic mass is 16.6. The molecule has 0 bridgehead atoms. The van der Waals surface area contributed by atoms with Gasteiger partial charge < -0.3 is 30.3 Å². The molecular weight excluding hydrogens is 508 g/mol. The Morgan fingerprint density at radius 2 is 1.87 bits per heavy atom. The van der Waals surface area contributed by atoms with Crippen molar-refractivity contribution in [3.63, 3.8) is 0 Å². The van der Waals surface area contributed by atoms with Crippen LogP contribution in [0.5, 0.6) is 5.75 Å². The number of aliphatic hydroxyl groups is 1. The lowest BCUT2D eigenvalue weighted by atomic mass is 9.92. The number of ether oxygens (including phenoxy) is 2. The van der Waals surface area contributed by atoms with Crippen molar-refractivity contribution in [3.05, 3.63) is 65.4 Å². The average molecular weight is 541 g/mol. The molecule has 0 aromatic carbocycles. The maximum atomic E-state index is 13.6. The molecule has 208 valence electrons. The van der Waals surface area contributed by atoms with E-state index in [1.165, 1.54) is 32.2 Å². The van der Waals surface area contributed by atoms with Gasteiger partial charge in [-0.2, -0.15) is 0 Å². The summed E-state index contributed by atoms with van der Waals surface area (Å²) in [4.78, 5) is 60.3. The zero-order chi connectivity index (χ0) is 28.7. The number of pyridine rings is 2. The SMILES string of the molecule is CC/C(C)=C1\OC(=O)[C@H](C)[C@@H](O)[C@H](Cc2cccnc2)NC(=O)[C@@H](NC(=O)c2ncccc2O)[C@@H](C)OC1=O. The molecule has 3 heterocycles. The van der Waals surface area contributed by atoms with Gasteiger partial charge in [-0.3, -0.25) is 19.4 Å². The van der Waals surface area contributed by atoms with E-state index in [0.717, 1.165) is 0 Å². The molecule has 2 amide bonds.